The van der Waals surface area contributed by atoms with E-state index in [1.165, 1.54) is 11.1 Å². The second-order valence-corrected chi connectivity index (χ2v) is 8.33. The van der Waals surface area contributed by atoms with E-state index in [9.17, 15) is 5.11 Å². The molecule has 32 heavy (non-hydrogen) atoms. The molecule has 178 valence electrons. The van der Waals surface area contributed by atoms with Crippen LogP contribution in [-0.2, 0) is 17.4 Å². The highest BCUT2D eigenvalue weighted by Gasteiger charge is 2.26. The summed E-state index contributed by atoms with van der Waals surface area (Å²) in [5, 5.41) is 21.8. The second-order valence-electron chi connectivity index (χ2n) is 8.33. The SMILES string of the molecule is CCNC(=NCC(C)(O)c1cnn(C)c1)NCC(c1cccc(C)c1)N1CCOCC1.I. The Balaban J connectivity index is 0.00000363. The minimum Gasteiger partial charge on any atom is -0.383 e. The second kappa shape index (κ2) is 12.5. The monoisotopic (exact) mass is 556 g/mol. The first-order valence-corrected chi connectivity index (χ1v) is 11.0. The molecule has 0 saturated carbocycles. The average Bonchev–Trinajstić information content (AvgIpc) is 3.20. The molecule has 1 aromatic heterocycles. The minimum absolute atomic E-state index is 0. The number of aliphatic hydroxyl groups is 1. The van der Waals surface area contributed by atoms with Crippen molar-refractivity contribution in [3.05, 3.63) is 53.3 Å². The fraction of sp³-hybridized carbons (Fsp3) is 0.565. The van der Waals surface area contributed by atoms with Gasteiger partial charge in [-0.05, 0) is 26.3 Å². The molecule has 1 aromatic carbocycles. The largest absolute Gasteiger partial charge is 0.383 e. The lowest BCUT2D eigenvalue weighted by Gasteiger charge is -2.35. The lowest BCUT2D eigenvalue weighted by atomic mass is 10.0. The van der Waals surface area contributed by atoms with Crippen LogP contribution >= 0.6 is 24.0 Å². The van der Waals surface area contributed by atoms with Gasteiger partial charge in [-0.25, -0.2) is 4.99 Å². The Labute approximate surface area is 208 Å². The van der Waals surface area contributed by atoms with Crippen LogP contribution in [0.25, 0.3) is 0 Å². The number of hydrogen-bond donors (Lipinski definition) is 3. The third kappa shape index (κ3) is 7.43. The molecule has 1 saturated heterocycles. The molecule has 0 spiro atoms. The molecule has 1 fully saturated rings. The number of hydrogen-bond acceptors (Lipinski definition) is 5. The summed E-state index contributed by atoms with van der Waals surface area (Å²) in [5.41, 5.74) is 2.20. The number of rotatable bonds is 8. The van der Waals surface area contributed by atoms with Crippen LogP contribution in [0.3, 0.4) is 0 Å². The Hall–Kier alpha value is -1.69. The number of guanidine groups is 1. The Morgan fingerprint density at radius 2 is 2.06 bits per heavy atom. The zero-order valence-electron chi connectivity index (χ0n) is 19.5. The number of aliphatic imine (C=N–C) groups is 1. The first-order chi connectivity index (χ1) is 14.9. The van der Waals surface area contributed by atoms with Crippen molar-refractivity contribution >= 4 is 29.9 Å². The number of halogens is 1. The summed E-state index contributed by atoms with van der Waals surface area (Å²) < 4.78 is 7.25. The fourth-order valence-electron chi connectivity index (χ4n) is 3.78. The van der Waals surface area contributed by atoms with Gasteiger partial charge in [0, 0.05) is 45.0 Å². The van der Waals surface area contributed by atoms with Gasteiger partial charge in [0.15, 0.2) is 5.96 Å². The van der Waals surface area contributed by atoms with Crippen LogP contribution < -0.4 is 10.6 Å². The highest BCUT2D eigenvalue weighted by molar-refractivity contribution is 14.0. The summed E-state index contributed by atoms with van der Waals surface area (Å²) in [4.78, 5) is 7.12. The molecule has 0 amide bonds. The minimum atomic E-state index is -1.09. The number of ether oxygens (including phenoxy) is 1. The summed E-state index contributed by atoms with van der Waals surface area (Å²) in [6.45, 7) is 10.9. The fourth-order valence-corrected chi connectivity index (χ4v) is 3.78. The molecule has 0 aliphatic carbocycles. The van der Waals surface area contributed by atoms with E-state index in [1.54, 1.807) is 17.8 Å². The molecular formula is C23H37IN6O2. The third-order valence-corrected chi connectivity index (χ3v) is 5.59. The van der Waals surface area contributed by atoms with Gasteiger partial charge in [0.1, 0.15) is 5.60 Å². The summed E-state index contributed by atoms with van der Waals surface area (Å²) >= 11 is 0. The Kier molecular flexibility index (Phi) is 10.4. The Bertz CT molecular complexity index is 864. The van der Waals surface area contributed by atoms with Gasteiger partial charge in [-0.3, -0.25) is 9.58 Å². The van der Waals surface area contributed by atoms with Crippen molar-refractivity contribution in [3.8, 4) is 0 Å². The summed E-state index contributed by atoms with van der Waals surface area (Å²) in [7, 11) is 1.84. The summed E-state index contributed by atoms with van der Waals surface area (Å²) in [6, 6.07) is 8.89. The molecule has 0 bridgehead atoms. The number of morpholine rings is 1. The van der Waals surface area contributed by atoms with Crippen molar-refractivity contribution in [3.63, 3.8) is 0 Å². The molecule has 2 unspecified atom stereocenters. The van der Waals surface area contributed by atoms with Crippen LogP contribution in [0.15, 0.2) is 41.7 Å². The maximum Gasteiger partial charge on any atom is 0.191 e. The number of nitrogens with zero attached hydrogens (tertiary/aromatic N) is 4. The van der Waals surface area contributed by atoms with Gasteiger partial charge in [0.25, 0.3) is 0 Å². The lowest BCUT2D eigenvalue weighted by molar-refractivity contribution is 0.0169. The standard InChI is InChI=1S/C23H36N6O2.HI/c1-5-24-22(26-17-23(3,30)20-14-27-28(4)16-20)25-15-21(29-9-11-31-12-10-29)19-8-6-7-18(2)13-19;/h6-8,13-14,16,21,30H,5,9-12,15,17H2,1-4H3,(H2,24,25,26);1H. The Morgan fingerprint density at radius 1 is 1.31 bits per heavy atom. The van der Waals surface area contributed by atoms with Gasteiger partial charge in [-0.1, -0.05) is 29.8 Å². The van der Waals surface area contributed by atoms with Gasteiger partial charge in [0.2, 0.25) is 0 Å². The average molecular weight is 556 g/mol. The van der Waals surface area contributed by atoms with Crippen molar-refractivity contribution in [2.24, 2.45) is 12.0 Å². The van der Waals surface area contributed by atoms with E-state index < -0.39 is 5.60 Å². The van der Waals surface area contributed by atoms with Gasteiger partial charge in [-0.2, -0.15) is 5.10 Å². The number of benzene rings is 1. The van der Waals surface area contributed by atoms with E-state index in [2.05, 4.69) is 56.8 Å². The van der Waals surface area contributed by atoms with E-state index in [-0.39, 0.29) is 36.6 Å². The predicted octanol–water partition coefficient (Wildman–Crippen LogP) is 2.18. The molecule has 2 heterocycles. The van der Waals surface area contributed by atoms with Crippen LogP contribution in [0.2, 0.25) is 0 Å². The molecule has 2 atom stereocenters. The van der Waals surface area contributed by atoms with E-state index in [0.717, 1.165) is 38.4 Å². The van der Waals surface area contributed by atoms with Crippen molar-refractivity contribution in [1.82, 2.24) is 25.3 Å². The van der Waals surface area contributed by atoms with Crippen LogP contribution in [0, 0.1) is 6.92 Å². The van der Waals surface area contributed by atoms with E-state index >= 15 is 0 Å². The highest BCUT2D eigenvalue weighted by atomic mass is 127. The first kappa shape index (κ1) is 26.6. The van der Waals surface area contributed by atoms with E-state index in [1.807, 2.05) is 20.2 Å². The smallest absolute Gasteiger partial charge is 0.191 e. The van der Waals surface area contributed by atoms with E-state index in [4.69, 9.17) is 4.74 Å². The lowest BCUT2D eigenvalue weighted by Crippen LogP contribution is -2.46. The highest BCUT2D eigenvalue weighted by Crippen LogP contribution is 2.23. The van der Waals surface area contributed by atoms with Crippen molar-refractivity contribution in [1.29, 1.82) is 0 Å². The van der Waals surface area contributed by atoms with Gasteiger partial charge in [-0.15, -0.1) is 24.0 Å². The summed E-state index contributed by atoms with van der Waals surface area (Å²) in [6.07, 6.45) is 3.50. The first-order valence-electron chi connectivity index (χ1n) is 11.0. The van der Waals surface area contributed by atoms with Gasteiger partial charge < -0.3 is 20.5 Å². The maximum absolute atomic E-state index is 10.9. The topological polar surface area (TPSA) is 86.9 Å². The zero-order chi connectivity index (χ0) is 22.3. The third-order valence-electron chi connectivity index (χ3n) is 5.59. The maximum atomic E-state index is 10.9. The molecule has 3 rings (SSSR count). The quantitative estimate of drug-likeness (QED) is 0.263. The molecule has 2 aromatic rings. The normalized spacial score (nSPS) is 17.8. The van der Waals surface area contributed by atoms with Crippen LogP contribution in [0.1, 0.15) is 36.6 Å². The van der Waals surface area contributed by atoms with Gasteiger partial charge in [0.05, 0.1) is 32.0 Å². The number of aryl methyl sites for hydroxylation is 2. The van der Waals surface area contributed by atoms with Crippen molar-refractivity contribution < 1.29 is 9.84 Å². The Morgan fingerprint density at radius 3 is 2.69 bits per heavy atom. The van der Waals surface area contributed by atoms with Crippen LogP contribution in [-0.4, -0.2) is 71.7 Å². The van der Waals surface area contributed by atoms with Crippen molar-refractivity contribution in [2.45, 2.75) is 32.4 Å². The molecule has 0 radical (unpaired) electrons. The van der Waals surface area contributed by atoms with Crippen molar-refractivity contribution in [2.75, 3.05) is 45.9 Å². The molecule has 1 aliphatic heterocycles. The van der Waals surface area contributed by atoms with Crippen LogP contribution in [0.5, 0.6) is 0 Å². The molecule has 1 aliphatic rings. The molecular weight excluding hydrogens is 519 g/mol. The van der Waals surface area contributed by atoms with E-state index in [0.29, 0.717) is 12.5 Å². The number of nitrogens with one attached hydrogen (secondary N) is 2. The molecule has 9 heteroatoms. The van der Waals surface area contributed by atoms with Crippen LogP contribution in [0.4, 0.5) is 0 Å². The molecule has 8 nitrogen and oxygen atoms in total. The molecule has 3 N–H and O–H groups in total. The predicted molar refractivity (Wildman–Crippen MR) is 138 cm³/mol. The van der Waals surface area contributed by atoms with Gasteiger partial charge >= 0.3 is 0 Å². The zero-order valence-corrected chi connectivity index (χ0v) is 21.9. The number of aromatic nitrogens is 2. The summed E-state index contributed by atoms with van der Waals surface area (Å²) in [5.74, 6) is 0.692.